The van der Waals surface area contributed by atoms with Gasteiger partial charge >= 0.3 is 6.18 Å². The standard InChI is InChI=1S/C27H30F3N7O7S/c1-45(43,44)34-10-9-22-20(17-34)25(19-5-2-3-6-21(19)27(28,29)30)31-35(22)16-18(38)15-32-11-13-33(14-12-32)26-23(36(39)40)7-4-8-24(26)37(41)42/h2-8,18,38H,9-17H2,1H3. The summed E-state index contributed by atoms with van der Waals surface area (Å²) < 4.78 is 68.9. The molecule has 45 heavy (non-hydrogen) atoms. The van der Waals surface area contributed by atoms with Crippen LogP contribution in [0.2, 0.25) is 0 Å². The summed E-state index contributed by atoms with van der Waals surface area (Å²) in [5.74, 6) is 0. The highest BCUT2D eigenvalue weighted by Crippen LogP contribution is 2.40. The van der Waals surface area contributed by atoms with Crippen molar-refractivity contribution in [3.05, 3.63) is 79.5 Å². The van der Waals surface area contributed by atoms with E-state index in [0.29, 0.717) is 24.3 Å². The Bertz CT molecular complexity index is 1690. The lowest BCUT2D eigenvalue weighted by molar-refractivity contribution is -0.392. The Labute approximate surface area is 255 Å². The Kier molecular flexibility index (Phi) is 8.85. The van der Waals surface area contributed by atoms with E-state index in [-0.39, 0.29) is 74.0 Å². The van der Waals surface area contributed by atoms with Crippen molar-refractivity contribution in [1.82, 2.24) is 19.0 Å². The molecule has 14 nitrogen and oxygen atoms in total. The number of piperazine rings is 1. The highest BCUT2D eigenvalue weighted by Gasteiger charge is 2.37. The molecule has 1 atom stereocenters. The van der Waals surface area contributed by atoms with E-state index in [1.165, 1.54) is 45.4 Å². The van der Waals surface area contributed by atoms with Crippen molar-refractivity contribution in [2.45, 2.75) is 31.8 Å². The predicted molar refractivity (Wildman–Crippen MR) is 156 cm³/mol. The van der Waals surface area contributed by atoms with Crippen molar-refractivity contribution in [2.75, 3.05) is 50.4 Å². The molecule has 0 saturated carbocycles. The van der Waals surface area contributed by atoms with Crippen molar-refractivity contribution in [1.29, 1.82) is 0 Å². The summed E-state index contributed by atoms with van der Waals surface area (Å²) in [5, 5.41) is 38.6. The Hall–Kier alpha value is -4.13. The molecule has 242 valence electrons. The fourth-order valence-corrected chi connectivity index (χ4v) is 6.69. The summed E-state index contributed by atoms with van der Waals surface area (Å²) in [6.07, 6.45) is -4.49. The van der Waals surface area contributed by atoms with Gasteiger partial charge in [0.2, 0.25) is 10.0 Å². The van der Waals surface area contributed by atoms with Gasteiger partial charge in [0.15, 0.2) is 5.69 Å². The number of para-hydroxylation sites is 1. The third-order valence-corrected chi connectivity index (χ3v) is 9.23. The van der Waals surface area contributed by atoms with Crippen LogP contribution in [0.4, 0.5) is 30.2 Å². The molecule has 0 radical (unpaired) electrons. The minimum atomic E-state index is -4.68. The second-order valence-electron chi connectivity index (χ2n) is 10.9. The minimum absolute atomic E-state index is 0.00172. The first-order valence-electron chi connectivity index (χ1n) is 13.9. The average Bonchev–Trinajstić information content (AvgIpc) is 3.33. The molecule has 2 aliphatic heterocycles. The molecule has 1 N–H and O–H groups in total. The van der Waals surface area contributed by atoms with E-state index in [0.717, 1.165) is 12.3 Å². The molecule has 2 aliphatic rings. The Morgan fingerprint density at radius 1 is 0.956 bits per heavy atom. The second kappa shape index (κ2) is 12.3. The van der Waals surface area contributed by atoms with Crippen molar-refractivity contribution in [2.24, 2.45) is 0 Å². The zero-order valence-corrected chi connectivity index (χ0v) is 24.9. The number of β-amino-alcohol motifs (C(OH)–C–C–N with tert-alkyl or cyclic N) is 1. The van der Waals surface area contributed by atoms with E-state index >= 15 is 0 Å². The Morgan fingerprint density at radius 3 is 2.16 bits per heavy atom. The number of halogens is 3. The van der Waals surface area contributed by atoms with Crippen LogP contribution >= 0.6 is 0 Å². The number of fused-ring (bicyclic) bond motifs is 1. The van der Waals surface area contributed by atoms with Gasteiger partial charge in [-0.3, -0.25) is 29.8 Å². The smallest absolute Gasteiger partial charge is 0.390 e. The van der Waals surface area contributed by atoms with Crippen LogP contribution in [0.15, 0.2) is 42.5 Å². The maximum absolute atomic E-state index is 13.9. The first-order chi connectivity index (χ1) is 21.1. The van der Waals surface area contributed by atoms with Gasteiger partial charge in [-0.25, -0.2) is 8.42 Å². The molecule has 1 aromatic heterocycles. The van der Waals surface area contributed by atoms with E-state index in [2.05, 4.69) is 5.10 Å². The number of nitrogens with zero attached hydrogens (tertiary/aromatic N) is 7. The zero-order chi connectivity index (χ0) is 32.7. The predicted octanol–water partition coefficient (Wildman–Crippen LogP) is 2.89. The molecule has 1 unspecified atom stereocenters. The van der Waals surface area contributed by atoms with Gasteiger partial charge in [-0.1, -0.05) is 18.2 Å². The maximum atomic E-state index is 13.9. The monoisotopic (exact) mass is 653 g/mol. The fourth-order valence-electron chi connectivity index (χ4n) is 5.90. The molecule has 0 spiro atoms. The summed E-state index contributed by atoms with van der Waals surface area (Å²) in [6, 6.07) is 8.60. The van der Waals surface area contributed by atoms with Gasteiger partial charge in [-0.15, -0.1) is 0 Å². The van der Waals surface area contributed by atoms with Gasteiger partial charge in [0, 0.05) is 81.2 Å². The first kappa shape index (κ1) is 32.3. The molecule has 18 heteroatoms. The van der Waals surface area contributed by atoms with Crippen LogP contribution in [0.3, 0.4) is 0 Å². The number of aliphatic hydroxyl groups excluding tert-OH is 1. The van der Waals surface area contributed by atoms with Gasteiger partial charge in [0.05, 0.1) is 40.0 Å². The normalized spacial score (nSPS) is 17.2. The van der Waals surface area contributed by atoms with E-state index in [1.807, 2.05) is 4.90 Å². The van der Waals surface area contributed by atoms with Crippen LogP contribution in [0, 0.1) is 20.2 Å². The lowest BCUT2D eigenvalue weighted by atomic mass is 9.98. The summed E-state index contributed by atoms with van der Waals surface area (Å²) in [6.45, 7) is 1.08. The van der Waals surface area contributed by atoms with Crippen LogP contribution in [-0.4, -0.2) is 94.0 Å². The topological polar surface area (TPSA) is 168 Å². The van der Waals surface area contributed by atoms with Crippen LogP contribution in [0.25, 0.3) is 11.3 Å². The highest BCUT2D eigenvalue weighted by atomic mass is 32.2. The third-order valence-electron chi connectivity index (χ3n) is 7.98. The number of benzene rings is 2. The number of aromatic nitrogens is 2. The van der Waals surface area contributed by atoms with Crippen LogP contribution in [0.1, 0.15) is 16.8 Å². The third kappa shape index (κ3) is 6.77. The van der Waals surface area contributed by atoms with Gasteiger partial charge in [-0.05, 0) is 12.1 Å². The molecule has 0 aliphatic carbocycles. The molecule has 0 amide bonds. The van der Waals surface area contributed by atoms with E-state index in [9.17, 15) is 46.9 Å². The van der Waals surface area contributed by atoms with Gasteiger partial charge in [0.25, 0.3) is 11.4 Å². The maximum Gasteiger partial charge on any atom is 0.417 e. The fraction of sp³-hybridized carbons (Fsp3) is 0.444. The van der Waals surface area contributed by atoms with Gasteiger partial charge in [-0.2, -0.15) is 22.6 Å². The molecule has 5 rings (SSSR count). The van der Waals surface area contributed by atoms with E-state index in [4.69, 9.17) is 0 Å². The van der Waals surface area contributed by atoms with Crippen LogP contribution in [0.5, 0.6) is 0 Å². The molecule has 3 aromatic rings. The summed E-state index contributed by atoms with van der Waals surface area (Å²) in [4.78, 5) is 25.3. The average molecular weight is 654 g/mol. The van der Waals surface area contributed by atoms with Crippen molar-refractivity contribution >= 4 is 27.1 Å². The lowest BCUT2D eigenvalue weighted by Gasteiger charge is -2.36. The largest absolute Gasteiger partial charge is 0.417 e. The number of anilines is 1. The first-order valence-corrected chi connectivity index (χ1v) is 15.8. The van der Waals surface area contributed by atoms with Crippen LogP contribution < -0.4 is 4.90 Å². The number of hydrogen-bond donors (Lipinski definition) is 1. The molecule has 2 aromatic carbocycles. The number of sulfonamides is 1. The minimum Gasteiger partial charge on any atom is -0.390 e. The summed E-state index contributed by atoms with van der Waals surface area (Å²) in [5.41, 5.74) is -1.05. The second-order valence-corrected chi connectivity index (χ2v) is 12.9. The summed E-state index contributed by atoms with van der Waals surface area (Å²) >= 11 is 0. The number of alkyl halides is 3. The molecule has 0 bridgehead atoms. The highest BCUT2D eigenvalue weighted by molar-refractivity contribution is 7.88. The van der Waals surface area contributed by atoms with E-state index < -0.39 is 37.7 Å². The molecule has 3 heterocycles. The molecular formula is C27H30F3N7O7S. The van der Waals surface area contributed by atoms with Gasteiger partial charge < -0.3 is 10.0 Å². The number of nitro groups is 2. The van der Waals surface area contributed by atoms with Crippen molar-refractivity contribution < 1.29 is 36.5 Å². The number of hydrogen-bond acceptors (Lipinski definition) is 10. The molecular weight excluding hydrogens is 623 g/mol. The van der Waals surface area contributed by atoms with Gasteiger partial charge in [0.1, 0.15) is 0 Å². The Balaban J connectivity index is 1.35. The van der Waals surface area contributed by atoms with Crippen molar-refractivity contribution in [3.8, 4) is 11.3 Å². The lowest BCUT2D eigenvalue weighted by Crippen LogP contribution is -2.49. The number of nitro benzene ring substituents is 2. The molecule has 1 saturated heterocycles. The SMILES string of the molecule is CS(=O)(=O)N1CCc2c(c(-c3ccccc3C(F)(F)F)nn2CC(O)CN2CCN(c3c([N+](=O)[O-])cccc3[N+](=O)[O-])CC2)C1. The number of rotatable bonds is 9. The zero-order valence-electron chi connectivity index (χ0n) is 24.1. The van der Waals surface area contributed by atoms with E-state index in [1.54, 1.807) is 4.90 Å². The molecule has 1 fully saturated rings. The van der Waals surface area contributed by atoms with Crippen LogP contribution in [-0.2, 0) is 35.7 Å². The van der Waals surface area contributed by atoms with Crippen molar-refractivity contribution in [3.63, 3.8) is 0 Å². The summed E-state index contributed by atoms with van der Waals surface area (Å²) in [7, 11) is -3.64. The Morgan fingerprint density at radius 2 is 1.58 bits per heavy atom. The number of aliphatic hydroxyl groups is 1. The quantitative estimate of drug-likeness (QED) is 0.268.